The number of hydrogen-bond donors (Lipinski definition) is 1. The maximum absolute atomic E-state index is 13.7. The van der Waals surface area contributed by atoms with Gasteiger partial charge >= 0.3 is 0 Å². The maximum Gasteiger partial charge on any atom is 0.250 e. The number of nitriles is 1. The quantitative estimate of drug-likeness (QED) is 0.933. The molecule has 1 aromatic carbocycles. The van der Waals surface area contributed by atoms with Gasteiger partial charge in [0.25, 0.3) is 0 Å². The van der Waals surface area contributed by atoms with Crippen LogP contribution in [0.3, 0.4) is 0 Å². The Morgan fingerprint density at radius 1 is 1.30 bits per heavy atom. The minimum Gasteiger partial charge on any atom is -0.380 e. The van der Waals surface area contributed by atoms with E-state index in [1.165, 1.54) is 22.9 Å². The second kappa shape index (κ2) is 5.53. The Kier molecular flexibility index (Phi) is 3.80. The molecule has 0 radical (unpaired) electrons. The molecule has 2 aromatic rings. The minimum absolute atomic E-state index is 0.0640. The van der Waals surface area contributed by atoms with Gasteiger partial charge in [-0.15, -0.1) is 0 Å². The first-order chi connectivity index (χ1) is 9.51. The molecule has 0 unspecified atom stereocenters. The van der Waals surface area contributed by atoms with Gasteiger partial charge in [-0.3, -0.25) is 4.79 Å². The Bertz CT molecular complexity index is 724. The molecule has 0 saturated heterocycles. The first-order valence-corrected chi connectivity index (χ1v) is 5.80. The van der Waals surface area contributed by atoms with Crippen LogP contribution < -0.4 is 10.9 Å². The lowest BCUT2D eigenvalue weighted by atomic mass is 10.1. The Labute approximate surface area is 113 Å². The molecule has 0 spiro atoms. The van der Waals surface area contributed by atoms with E-state index in [0.29, 0.717) is 5.69 Å². The highest BCUT2D eigenvalue weighted by Crippen LogP contribution is 2.16. The van der Waals surface area contributed by atoms with Gasteiger partial charge in [-0.1, -0.05) is 0 Å². The van der Waals surface area contributed by atoms with Gasteiger partial charge in [0, 0.05) is 31.4 Å². The molecule has 2 rings (SSSR count). The van der Waals surface area contributed by atoms with Crippen molar-refractivity contribution in [2.75, 3.05) is 5.32 Å². The largest absolute Gasteiger partial charge is 0.380 e. The van der Waals surface area contributed by atoms with Crippen molar-refractivity contribution in [1.82, 2.24) is 4.57 Å². The molecule has 4 nitrogen and oxygen atoms in total. The SMILES string of the molecule is Cn1cc(NCc2c(F)cc(C#N)cc2F)ccc1=O. The fourth-order valence-electron chi connectivity index (χ4n) is 1.73. The van der Waals surface area contributed by atoms with Crippen molar-refractivity contribution in [3.63, 3.8) is 0 Å². The van der Waals surface area contributed by atoms with Crippen molar-refractivity contribution in [3.05, 3.63) is 63.6 Å². The molecule has 0 bridgehead atoms. The summed E-state index contributed by atoms with van der Waals surface area (Å²) in [5.41, 5.74) is 0.172. The van der Waals surface area contributed by atoms with Crippen LogP contribution in [0.1, 0.15) is 11.1 Å². The molecular formula is C14H11F2N3O. The van der Waals surface area contributed by atoms with Crippen molar-refractivity contribution in [3.8, 4) is 6.07 Å². The predicted octanol–water partition coefficient (Wildman–Crippen LogP) is 2.15. The van der Waals surface area contributed by atoms with Gasteiger partial charge in [0.2, 0.25) is 5.56 Å². The predicted molar refractivity (Wildman–Crippen MR) is 70.1 cm³/mol. The van der Waals surface area contributed by atoms with E-state index in [1.54, 1.807) is 13.1 Å². The van der Waals surface area contributed by atoms with E-state index in [9.17, 15) is 13.6 Å². The van der Waals surface area contributed by atoms with Crippen molar-refractivity contribution >= 4 is 5.69 Å². The average Bonchev–Trinajstić information content (AvgIpc) is 2.41. The number of pyridine rings is 1. The zero-order valence-corrected chi connectivity index (χ0v) is 10.7. The standard InChI is InChI=1S/C14H11F2N3O/c1-19-8-10(2-3-14(19)20)18-7-11-12(15)4-9(6-17)5-13(11)16/h2-5,8,18H,7H2,1H3. The van der Waals surface area contributed by atoms with Gasteiger partial charge in [-0.05, 0) is 18.2 Å². The molecule has 0 aliphatic heterocycles. The number of nitrogens with one attached hydrogen (secondary N) is 1. The number of hydrogen-bond acceptors (Lipinski definition) is 3. The van der Waals surface area contributed by atoms with Crippen molar-refractivity contribution in [1.29, 1.82) is 5.26 Å². The number of nitrogens with zero attached hydrogens (tertiary/aromatic N) is 2. The van der Waals surface area contributed by atoms with Crippen LogP contribution in [-0.2, 0) is 13.6 Å². The molecule has 0 aliphatic rings. The Morgan fingerprint density at radius 2 is 1.95 bits per heavy atom. The first kappa shape index (κ1) is 13.7. The molecule has 1 heterocycles. The van der Waals surface area contributed by atoms with E-state index >= 15 is 0 Å². The van der Waals surface area contributed by atoms with E-state index in [4.69, 9.17) is 5.26 Å². The molecule has 0 saturated carbocycles. The van der Waals surface area contributed by atoms with E-state index in [2.05, 4.69) is 5.32 Å². The highest BCUT2D eigenvalue weighted by atomic mass is 19.1. The number of aryl methyl sites for hydroxylation is 1. The van der Waals surface area contributed by atoms with Crippen LogP contribution in [0.25, 0.3) is 0 Å². The van der Waals surface area contributed by atoms with Crippen LogP contribution in [-0.4, -0.2) is 4.57 Å². The zero-order valence-electron chi connectivity index (χ0n) is 10.7. The monoisotopic (exact) mass is 275 g/mol. The third kappa shape index (κ3) is 2.83. The van der Waals surface area contributed by atoms with Gasteiger partial charge in [-0.25, -0.2) is 8.78 Å². The summed E-state index contributed by atoms with van der Waals surface area (Å²) in [5.74, 6) is -1.56. The molecule has 1 aromatic heterocycles. The summed E-state index contributed by atoms with van der Waals surface area (Å²) < 4.78 is 28.7. The van der Waals surface area contributed by atoms with Crippen LogP contribution in [0.4, 0.5) is 14.5 Å². The molecule has 0 fully saturated rings. The Balaban J connectivity index is 2.21. The van der Waals surface area contributed by atoms with Crippen LogP contribution in [0.5, 0.6) is 0 Å². The first-order valence-electron chi connectivity index (χ1n) is 5.80. The summed E-state index contributed by atoms with van der Waals surface area (Å²) in [5, 5.41) is 11.4. The molecule has 102 valence electrons. The van der Waals surface area contributed by atoms with Gasteiger partial charge in [0.15, 0.2) is 0 Å². The number of benzene rings is 1. The van der Waals surface area contributed by atoms with Gasteiger partial charge in [0.05, 0.1) is 17.3 Å². The molecule has 1 N–H and O–H groups in total. The summed E-state index contributed by atoms with van der Waals surface area (Å²) in [4.78, 5) is 11.2. The maximum atomic E-state index is 13.7. The lowest BCUT2D eigenvalue weighted by Crippen LogP contribution is -2.15. The number of anilines is 1. The highest BCUT2D eigenvalue weighted by molar-refractivity contribution is 5.42. The van der Waals surface area contributed by atoms with Crippen molar-refractivity contribution in [2.45, 2.75) is 6.54 Å². The van der Waals surface area contributed by atoms with E-state index in [0.717, 1.165) is 12.1 Å². The van der Waals surface area contributed by atoms with Crippen LogP contribution >= 0.6 is 0 Å². The fourth-order valence-corrected chi connectivity index (χ4v) is 1.73. The lowest BCUT2D eigenvalue weighted by Gasteiger charge is -2.09. The van der Waals surface area contributed by atoms with E-state index < -0.39 is 11.6 Å². The third-order valence-corrected chi connectivity index (χ3v) is 2.83. The summed E-state index contributed by atoms with van der Waals surface area (Å²) in [6.45, 7) is -0.0818. The van der Waals surface area contributed by atoms with E-state index in [1.807, 2.05) is 0 Å². The van der Waals surface area contributed by atoms with Gasteiger partial charge in [0.1, 0.15) is 11.6 Å². The zero-order chi connectivity index (χ0) is 14.7. The van der Waals surface area contributed by atoms with Crippen LogP contribution in [0.2, 0.25) is 0 Å². The normalized spacial score (nSPS) is 10.1. The summed E-state index contributed by atoms with van der Waals surface area (Å²) in [7, 11) is 1.58. The third-order valence-electron chi connectivity index (χ3n) is 2.83. The average molecular weight is 275 g/mol. The lowest BCUT2D eigenvalue weighted by molar-refractivity contribution is 0.559. The second-order valence-corrected chi connectivity index (χ2v) is 4.25. The minimum atomic E-state index is -0.779. The van der Waals surface area contributed by atoms with E-state index in [-0.39, 0.29) is 23.2 Å². The summed E-state index contributed by atoms with van der Waals surface area (Å²) >= 11 is 0. The molecule has 0 amide bonds. The fraction of sp³-hybridized carbons (Fsp3) is 0.143. The van der Waals surface area contributed by atoms with Gasteiger partial charge in [-0.2, -0.15) is 5.26 Å². The number of halogens is 2. The van der Waals surface area contributed by atoms with Crippen LogP contribution in [0, 0.1) is 23.0 Å². The number of aromatic nitrogens is 1. The second-order valence-electron chi connectivity index (χ2n) is 4.25. The van der Waals surface area contributed by atoms with Crippen LogP contribution in [0.15, 0.2) is 35.3 Å². The molecule has 20 heavy (non-hydrogen) atoms. The molecule has 0 aliphatic carbocycles. The molecule has 6 heteroatoms. The summed E-state index contributed by atoms with van der Waals surface area (Å²) in [6.07, 6.45) is 1.53. The highest BCUT2D eigenvalue weighted by Gasteiger charge is 2.11. The van der Waals surface area contributed by atoms with Gasteiger partial charge < -0.3 is 9.88 Å². The topological polar surface area (TPSA) is 57.8 Å². The Morgan fingerprint density at radius 3 is 2.50 bits per heavy atom. The van der Waals surface area contributed by atoms with Crippen molar-refractivity contribution < 1.29 is 8.78 Å². The van der Waals surface area contributed by atoms with Crippen molar-refractivity contribution in [2.24, 2.45) is 7.05 Å². The summed E-state index contributed by atoms with van der Waals surface area (Å²) in [6, 6.07) is 6.54. The Hall–Kier alpha value is -2.68. The molecular weight excluding hydrogens is 264 g/mol. The molecule has 0 atom stereocenters. The number of rotatable bonds is 3. The smallest absolute Gasteiger partial charge is 0.250 e.